The van der Waals surface area contributed by atoms with Gasteiger partial charge in [-0.1, -0.05) is 91.0 Å². The van der Waals surface area contributed by atoms with Gasteiger partial charge in [0.1, 0.15) is 11.6 Å². The molecule has 232 valence electrons. The van der Waals surface area contributed by atoms with Gasteiger partial charge in [0.05, 0.1) is 18.5 Å². The normalized spacial score (nSPS) is 15.5. The minimum absolute atomic E-state index is 0.128. The van der Waals surface area contributed by atoms with Crippen LogP contribution in [0.15, 0.2) is 115 Å². The largest absolute Gasteiger partial charge is 0.497 e. The molecule has 4 aromatic carbocycles. The summed E-state index contributed by atoms with van der Waals surface area (Å²) in [6.45, 7) is 2.88. The molecule has 1 aliphatic heterocycles. The van der Waals surface area contributed by atoms with Gasteiger partial charge in [-0.25, -0.2) is 9.71 Å². The van der Waals surface area contributed by atoms with Gasteiger partial charge < -0.3 is 9.72 Å². The fraction of sp³-hybridized carbons (Fsp3) is 0.250. The van der Waals surface area contributed by atoms with Crippen LogP contribution in [0.3, 0.4) is 0 Å². The summed E-state index contributed by atoms with van der Waals surface area (Å²) >= 11 is 0. The second-order valence-electron chi connectivity index (χ2n) is 11.3. The van der Waals surface area contributed by atoms with Crippen molar-refractivity contribution < 1.29 is 13.2 Å². The number of imidazole rings is 1. The van der Waals surface area contributed by atoms with E-state index in [9.17, 15) is 8.42 Å². The Kier molecular flexibility index (Phi) is 9.71. The SMILES string of the molecule is COc1ccc(-c2[nH]c(-c3ccccc3)nc2CCNS(=O)(=O)N(Cc2ccccc2)C2CCN(Cc3ccccc3)C2)cc1. The van der Waals surface area contributed by atoms with Gasteiger partial charge in [-0.15, -0.1) is 0 Å². The lowest BCUT2D eigenvalue weighted by atomic mass is 10.1. The summed E-state index contributed by atoms with van der Waals surface area (Å²) < 4.78 is 37.9. The molecule has 5 aromatic rings. The zero-order valence-corrected chi connectivity index (χ0v) is 26.3. The van der Waals surface area contributed by atoms with Crippen LogP contribution in [-0.4, -0.2) is 60.4 Å². The average molecular weight is 622 g/mol. The van der Waals surface area contributed by atoms with E-state index >= 15 is 0 Å². The molecule has 1 saturated heterocycles. The standard InChI is InChI=1S/C36H39N5O3S/c1-44-33-19-17-30(18-20-33)35-34(38-36(39-35)31-15-9-4-10-16-31)21-23-37-45(42,43)41(26-29-13-7-3-8-14-29)32-22-24-40(27-32)25-28-11-5-2-6-12-28/h2-20,32,37H,21-27H2,1H3,(H,38,39). The third kappa shape index (κ3) is 7.69. The Labute approximate surface area is 265 Å². The molecule has 0 spiro atoms. The number of H-pyrrole nitrogens is 1. The molecule has 2 heterocycles. The van der Waals surface area contributed by atoms with E-state index in [4.69, 9.17) is 9.72 Å². The zero-order chi connectivity index (χ0) is 31.1. The second-order valence-corrected chi connectivity index (χ2v) is 13.1. The van der Waals surface area contributed by atoms with E-state index in [1.54, 1.807) is 11.4 Å². The number of nitrogens with zero attached hydrogens (tertiary/aromatic N) is 3. The molecular formula is C36H39N5O3S. The highest BCUT2D eigenvalue weighted by Gasteiger charge is 2.35. The highest BCUT2D eigenvalue weighted by Crippen LogP contribution is 2.28. The van der Waals surface area contributed by atoms with Gasteiger partial charge in [-0.05, 0) is 41.8 Å². The molecule has 0 aliphatic carbocycles. The third-order valence-electron chi connectivity index (χ3n) is 8.24. The van der Waals surface area contributed by atoms with E-state index in [1.165, 1.54) is 5.56 Å². The molecule has 0 radical (unpaired) electrons. The van der Waals surface area contributed by atoms with Gasteiger partial charge in [-0.3, -0.25) is 4.90 Å². The number of rotatable bonds is 13. The quantitative estimate of drug-likeness (QED) is 0.171. The van der Waals surface area contributed by atoms with Gasteiger partial charge in [0, 0.05) is 56.3 Å². The van der Waals surface area contributed by atoms with Crippen LogP contribution in [0.4, 0.5) is 0 Å². The Balaban J connectivity index is 1.20. The molecule has 1 fully saturated rings. The fourth-order valence-corrected chi connectivity index (χ4v) is 7.32. The van der Waals surface area contributed by atoms with E-state index in [-0.39, 0.29) is 12.6 Å². The number of aromatic amines is 1. The molecule has 0 saturated carbocycles. The van der Waals surface area contributed by atoms with Crippen molar-refractivity contribution in [2.75, 3.05) is 26.7 Å². The molecule has 1 unspecified atom stereocenters. The van der Waals surface area contributed by atoms with Crippen LogP contribution in [0.25, 0.3) is 22.6 Å². The van der Waals surface area contributed by atoms with Crippen molar-refractivity contribution in [3.8, 4) is 28.4 Å². The summed E-state index contributed by atoms with van der Waals surface area (Å²) in [5, 5.41) is 0. The van der Waals surface area contributed by atoms with Crippen molar-refractivity contribution in [2.24, 2.45) is 0 Å². The molecule has 45 heavy (non-hydrogen) atoms. The summed E-state index contributed by atoms with van der Waals surface area (Å²) in [5.41, 5.74) is 5.78. The average Bonchev–Trinajstić information content (AvgIpc) is 3.72. The van der Waals surface area contributed by atoms with Gasteiger partial charge in [0.25, 0.3) is 10.2 Å². The Morgan fingerprint density at radius 2 is 1.51 bits per heavy atom. The van der Waals surface area contributed by atoms with Gasteiger partial charge in [0.15, 0.2) is 0 Å². The maximum Gasteiger partial charge on any atom is 0.280 e. The Morgan fingerprint density at radius 1 is 0.867 bits per heavy atom. The molecule has 1 atom stereocenters. The highest BCUT2D eigenvalue weighted by molar-refractivity contribution is 7.87. The number of aromatic nitrogens is 2. The van der Waals surface area contributed by atoms with Crippen LogP contribution < -0.4 is 9.46 Å². The summed E-state index contributed by atoms with van der Waals surface area (Å²) in [7, 11) is -2.16. The monoisotopic (exact) mass is 621 g/mol. The maximum atomic E-state index is 14.0. The number of benzene rings is 4. The predicted molar refractivity (Wildman–Crippen MR) is 179 cm³/mol. The van der Waals surface area contributed by atoms with Crippen molar-refractivity contribution in [3.05, 3.63) is 132 Å². The maximum absolute atomic E-state index is 14.0. The molecule has 6 rings (SSSR count). The van der Waals surface area contributed by atoms with Crippen molar-refractivity contribution >= 4 is 10.2 Å². The molecule has 0 bridgehead atoms. The molecule has 2 N–H and O–H groups in total. The topological polar surface area (TPSA) is 90.6 Å². The van der Waals surface area contributed by atoms with Crippen LogP contribution in [0.2, 0.25) is 0 Å². The summed E-state index contributed by atoms with van der Waals surface area (Å²) in [6.07, 6.45) is 1.20. The minimum atomic E-state index is -3.80. The highest BCUT2D eigenvalue weighted by atomic mass is 32.2. The van der Waals surface area contributed by atoms with Crippen molar-refractivity contribution in [1.29, 1.82) is 0 Å². The summed E-state index contributed by atoms with van der Waals surface area (Å²) in [6, 6.07) is 37.8. The van der Waals surface area contributed by atoms with Gasteiger partial charge in [-0.2, -0.15) is 12.7 Å². The van der Waals surface area contributed by atoms with E-state index in [0.717, 1.165) is 59.2 Å². The Bertz CT molecular complexity index is 1760. The van der Waals surface area contributed by atoms with Crippen LogP contribution in [0, 0.1) is 0 Å². The van der Waals surface area contributed by atoms with Gasteiger partial charge >= 0.3 is 0 Å². The fourth-order valence-electron chi connectivity index (χ4n) is 5.91. The molecule has 1 aromatic heterocycles. The van der Waals surface area contributed by atoms with Crippen molar-refractivity contribution in [1.82, 2.24) is 23.9 Å². The van der Waals surface area contributed by atoms with Crippen LogP contribution in [0.1, 0.15) is 23.2 Å². The van der Waals surface area contributed by atoms with Gasteiger partial charge in [0.2, 0.25) is 0 Å². The number of methoxy groups -OCH3 is 1. The first-order chi connectivity index (χ1) is 22.0. The predicted octanol–water partition coefficient (Wildman–Crippen LogP) is 5.91. The summed E-state index contributed by atoms with van der Waals surface area (Å²) in [5.74, 6) is 1.51. The van der Waals surface area contributed by atoms with Crippen LogP contribution in [-0.2, 0) is 29.7 Å². The molecule has 0 amide bonds. The Hall–Kier alpha value is -4.28. The summed E-state index contributed by atoms with van der Waals surface area (Å²) in [4.78, 5) is 10.7. The van der Waals surface area contributed by atoms with E-state index in [2.05, 4.69) is 26.7 Å². The lowest BCUT2D eigenvalue weighted by molar-refractivity contribution is 0.274. The van der Waals surface area contributed by atoms with Crippen LogP contribution in [0.5, 0.6) is 5.75 Å². The molecular weight excluding hydrogens is 582 g/mol. The number of ether oxygens (including phenoxy) is 1. The first-order valence-electron chi connectivity index (χ1n) is 15.3. The lowest BCUT2D eigenvalue weighted by Gasteiger charge is -2.28. The number of hydrogen-bond donors (Lipinski definition) is 2. The number of hydrogen-bond acceptors (Lipinski definition) is 5. The number of likely N-dealkylation sites (tertiary alicyclic amines) is 1. The third-order valence-corrected chi connectivity index (χ3v) is 9.86. The number of nitrogens with one attached hydrogen (secondary N) is 2. The van der Waals surface area contributed by atoms with E-state index in [1.807, 2.05) is 103 Å². The lowest BCUT2D eigenvalue weighted by Crippen LogP contribution is -2.47. The Morgan fingerprint density at radius 3 is 2.18 bits per heavy atom. The second kappa shape index (κ2) is 14.2. The first kappa shape index (κ1) is 30.7. The minimum Gasteiger partial charge on any atom is -0.497 e. The van der Waals surface area contributed by atoms with Crippen molar-refractivity contribution in [2.45, 2.75) is 32.0 Å². The van der Waals surface area contributed by atoms with Crippen molar-refractivity contribution in [3.63, 3.8) is 0 Å². The molecule has 1 aliphatic rings. The van der Waals surface area contributed by atoms with E-state index < -0.39 is 10.2 Å². The zero-order valence-electron chi connectivity index (χ0n) is 25.5. The van der Waals surface area contributed by atoms with Crippen LogP contribution >= 0.6 is 0 Å². The van der Waals surface area contributed by atoms with E-state index in [0.29, 0.717) is 19.5 Å². The molecule has 9 heteroatoms. The molecule has 8 nitrogen and oxygen atoms in total. The smallest absolute Gasteiger partial charge is 0.280 e. The first-order valence-corrected chi connectivity index (χ1v) is 16.8.